The van der Waals surface area contributed by atoms with Crippen LogP contribution in [0, 0.1) is 0 Å². The first-order chi connectivity index (χ1) is 12.7. The van der Waals surface area contributed by atoms with Gasteiger partial charge in [0.25, 0.3) is 5.91 Å². The Morgan fingerprint density at radius 3 is 2.33 bits per heavy atom. The molecule has 0 saturated heterocycles. The van der Waals surface area contributed by atoms with E-state index in [9.17, 15) is 22.0 Å². The first-order valence-corrected chi connectivity index (χ1v) is 9.80. The van der Waals surface area contributed by atoms with Crippen molar-refractivity contribution in [3.63, 3.8) is 0 Å². The van der Waals surface area contributed by atoms with Crippen LogP contribution in [0.5, 0.6) is 11.5 Å². The lowest BCUT2D eigenvalue weighted by atomic mass is 10.1. The van der Waals surface area contributed by atoms with E-state index in [-0.39, 0.29) is 22.3 Å². The number of sulfone groups is 1. The molecule has 0 aromatic heterocycles. The van der Waals surface area contributed by atoms with Crippen molar-refractivity contribution in [3.8, 4) is 11.5 Å². The zero-order valence-corrected chi connectivity index (χ0v) is 15.6. The zero-order valence-electron chi connectivity index (χ0n) is 14.7. The Bertz CT molecular complexity index is 898. The SMILES string of the molecule is COc1cc(CCNC(=O)c2ccc(S(C)(=O)=O)cc2)ccc1OC(F)F. The Morgan fingerprint density at radius 1 is 1.11 bits per heavy atom. The summed E-state index contributed by atoms with van der Waals surface area (Å²) >= 11 is 0. The van der Waals surface area contributed by atoms with Crippen LogP contribution < -0.4 is 14.8 Å². The van der Waals surface area contributed by atoms with Gasteiger partial charge in [0.2, 0.25) is 0 Å². The summed E-state index contributed by atoms with van der Waals surface area (Å²) in [6, 6.07) is 10.2. The van der Waals surface area contributed by atoms with E-state index in [1.807, 2.05) is 0 Å². The second kappa shape index (κ2) is 8.81. The molecular formula is C18H19F2NO5S. The highest BCUT2D eigenvalue weighted by Crippen LogP contribution is 2.29. The molecule has 1 amide bonds. The van der Waals surface area contributed by atoms with Gasteiger partial charge in [-0.25, -0.2) is 8.42 Å². The number of carbonyl (C=O) groups excluding carboxylic acids is 1. The van der Waals surface area contributed by atoms with E-state index in [2.05, 4.69) is 10.1 Å². The van der Waals surface area contributed by atoms with Gasteiger partial charge < -0.3 is 14.8 Å². The Labute approximate surface area is 156 Å². The first-order valence-electron chi connectivity index (χ1n) is 7.90. The third-order valence-corrected chi connectivity index (χ3v) is 4.82. The fraction of sp³-hybridized carbons (Fsp3) is 0.278. The number of alkyl halides is 2. The van der Waals surface area contributed by atoms with Crippen molar-refractivity contribution >= 4 is 15.7 Å². The maximum atomic E-state index is 12.3. The van der Waals surface area contributed by atoms with Crippen LogP contribution >= 0.6 is 0 Å². The molecule has 2 rings (SSSR count). The second-order valence-corrected chi connectivity index (χ2v) is 7.68. The van der Waals surface area contributed by atoms with Crippen molar-refractivity contribution in [3.05, 3.63) is 53.6 Å². The van der Waals surface area contributed by atoms with Crippen LogP contribution in [0.2, 0.25) is 0 Å². The third-order valence-electron chi connectivity index (χ3n) is 3.69. The smallest absolute Gasteiger partial charge is 0.387 e. The van der Waals surface area contributed by atoms with Crippen molar-refractivity contribution in [1.82, 2.24) is 5.32 Å². The molecule has 0 spiro atoms. The highest BCUT2D eigenvalue weighted by molar-refractivity contribution is 7.90. The van der Waals surface area contributed by atoms with Gasteiger partial charge in [-0.3, -0.25) is 4.79 Å². The van der Waals surface area contributed by atoms with E-state index in [1.165, 1.54) is 37.4 Å². The number of hydrogen-bond acceptors (Lipinski definition) is 5. The maximum absolute atomic E-state index is 12.3. The number of benzene rings is 2. The standard InChI is InChI=1S/C18H19F2NO5S/c1-25-16-11-12(3-8-15(16)26-18(19)20)9-10-21-17(22)13-4-6-14(7-5-13)27(2,23)24/h3-8,11,18H,9-10H2,1-2H3,(H,21,22). The molecule has 0 heterocycles. The van der Waals surface area contributed by atoms with E-state index >= 15 is 0 Å². The number of ether oxygens (including phenoxy) is 2. The number of halogens is 2. The lowest BCUT2D eigenvalue weighted by molar-refractivity contribution is -0.0512. The largest absolute Gasteiger partial charge is 0.493 e. The lowest BCUT2D eigenvalue weighted by Crippen LogP contribution is -2.25. The fourth-order valence-corrected chi connectivity index (χ4v) is 2.97. The van der Waals surface area contributed by atoms with Gasteiger partial charge in [0, 0.05) is 18.4 Å². The molecule has 0 aliphatic rings. The van der Waals surface area contributed by atoms with E-state index in [4.69, 9.17) is 4.74 Å². The lowest BCUT2D eigenvalue weighted by Gasteiger charge is -2.12. The summed E-state index contributed by atoms with van der Waals surface area (Å²) in [6.45, 7) is -2.65. The van der Waals surface area contributed by atoms with Crippen molar-refractivity contribution in [2.24, 2.45) is 0 Å². The minimum Gasteiger partial charge on any atom is -0.493 e. The molecule has 146 valence electrons. The Morgan fingerprint density at radius 2 is 1.78 bits per heavy atom. The summed E-state index contributed by atoms with van der Waals surface area (Å²) in [5.41, 5.74) is 1.10. The zero-order chi connectivity index (χ0) is 20.0. The number of hydrogen-bond donors (Lipinski definition) is 1. The highest BCUT2D eigenvalue weighted by Gasteiger charge is 2.12. The molecule has 0 saturated carbocycles. The van der Waals surface area contributed by atoms with Gasteiger partial charge in [0.1, 0.15) is 0 Å². The fourth-order valence-electron chi connectivity index (χ4n) is 2.34. The number of nitrogens with one attached hydrogen (secondary N) is 1. The predicted molar refractivity (Wildman–Crippen MR) is 95.2 cm³/mol. The first kappa shape index (κ1) is 20.6. The second-order valence-electron chi connectivity index (χ2n) is 5.67. The molecular weight excluding hydrogens is 380 g/mol. The molecule has 2 aromatic carbocycles. The quantitative estimate of drug-likeness (QED) is 0.738. The van der Waals surface area contributed by atoms with Crippen LogP contribution in [-0.2, 0) is 16.3 Å². The summed E-state index contributed by atoms with van der Waals surface area (Å²) in [7, 11) is -1.97. The third kappa shape index (κ3) is 5.92. The summed E-state index contributed by atoms with van der Waals surface area (Å²) in [4.78, 5) is 12.2. The van der Waals surface area contributed by atoms with Crippen molar-refractivity contribution in [1.29, 1.82) is 0 Å². The van der Waals surface area contributed by atoms with Crippen molar-refractivity contribution < 1.29 is 31.5 Å². The average molecular weight is 399 g/mol. The van der Waals surface area contributed by atoms with Crippen molar-refractivity contribution in [2.75, 3.05) is 19.9 Å². The molecule has 0 fully saturated rings. The molecule has 9 heteroatoms. The monoisotopic (exact) mass is 399 g/mol. The molecule has 2 aromatic rings. The van der Waals surface area contributed by atoms with Gasteiger partial charge in [0.05, 0.1) is 12.0 Å². The average Bonchev–Trinajstić information content (AvgIpc) is 2.61. The predicted octanol–water partition coefficient (Wildman–Crippen LogP) is 2.67. The van der Waals surface area contributed by atoms with E-state index < -0.39 is 16.4 Å². The van der Waals surface area contributed by atoms with E-state index in [0.717, 1.165) is 11.8 Å². The van der Waals surface area contributed by atoms with Crippen LogP contribution in [0.3, 0.4) is 0 Å². The minimum atomic E-state index is -3.32. The van der Waals surface area contributed by atoms with Gasteiger partial charge in [-0.1, -0.05) is 6.07 Å². The molecule has 27 heavy (non-hydrogen) atoms. The van der Waals surface area contributed by atoms with Gasteiger partial charge >= 0.3 is 6.61 Å². The molecule has 0 radical (unpaired) electrons. The number of amides is 1. The van der Waals surface area contributed by atoms with Gasteiger partial charge in [-0.2, -0.15) is 8.78 Å². The summed E-state index contributed by atoms with van der Waals surface area (Å²) < 4.78 is 56.9. The van der Waals surface area contributed by atoms with E-state index in [0.29, 0.717) is 18.5 Å². The molecule has 6 nitrogen and oxygen atoms in total. The molecule has 0 unspecified atom stereocenters. The Balaban J connectivity index is 1.94. The molecule has 0 atom stereocenters. The summed E-state index contributed by atoms with van der Waals surface area (Å²) in [5.74, 6) is -0.235. The molecule has 0 aliphatic heterocycles. The summed E-state index contributed by atoms with van der Waals surface area (Å²) in [6.07, 6.45) is 1.53. The van der Waals surface area contributed by atoms with Crippen molar-refractivity contribution in [2.45, 2.75) is 17.9 Å². The molecule has 1 N–H and O–H groups in total. The van der Waals surface area contributed by atoms with E-state index in [1.54, 1.807) is 12.1 Å². The van der Waals surface area contributed by atoms with Crippen LogP contribution in [0.15, 0.2) is 47.4 Å². The summed E-state index contributed by atoms with van der Waals surface area (Å²) in [5, 5.41) is 2.71. The van der Waals surface area contributed by atoms with Crippen LogP contribution in [0.25, 0.3) is 0 Å². The van der Waals surface area contributed by atoms with Gasteiger partial charge in [-0.05, 0) is 48.4 Å². The highest BCUT2D eigenvalue weighted by atomic mass is 32.2. The van der Waals surface area contributed by atoms with Crippen LogP contribution in [0.1, 0.15) is 15.9 Å². The number of carbonyl (C=O) groups is 1. The molecule has 0 aliphatic carbocycles. The van der Waals surface area contributed by atoms with Crippen LogP contribution in [-0.4, -0.2) is 40.8 Å². The van der Waals surface area contributed by atoms with Crippen LogP contribution in [0.4, 0.5) is 8.78 Å². The topological polar surface area (TPSA) is 81.7 Å². The molecule has 0 bridgehead atoms. The Kier molecular flexibility index (Phi) is 6.73. The normalized spacial score (nSPS) is 11.3. The minimum absolute atomic E-state index is 0.0637. The maximum Gasteiger partial charge on any atom is 0.387 e. The number of methoxy groups -OCH3 is 1. The Hall–Kier alpha value is -2.68. The number of rotatable bonds is 8. The van der Waals surface area contributed by atoms with Gasteiger partial charge in [0.15, 0.2) is 21.3 Å². The van der Waals surface area contributed by atoms with Gasteiger partial charge in [-0.15, -0.1) is 0 Å².